The smallest absolute Gasteiger partial charge is 0.344 e. The Morgan fingerprint density at radius 1 is 1.73 bits per heavy atom. The van der Waals surface area contributed by atoms with Gasteiger partial charge in [0, 0.05) is 0 Å². The summed E-state index contributed by atoms with van der Waals surface area (Å²) in [7, 11) is 0. The van der Waals surface area contributed by atoms with Crippen LogP contribution in [0.4, 0.5) is 5.82 Å². The molecule has 0 atom stereocenters. The van der Waals surface area contributed by atoms with Crippen molar-refractivity contribution in [3.63, 3.8) is 0 Å². The van der Waals surface area contributed by atoms with Gasteiger partial charge in [-0.15, -0.1) is 24.2 Å². The van der Waals surface area contributed by atoms with Crippen LogP contribution in [-0.4, -0.2) is 29.0 Å². The summed E-state index contributed by atoms with van der Waals surface area (Å²) >= 11 is 1.35. The molecule has 0 amide bonds. The van der Waals surface area contributed by atoms with Crippen molar-refractivity contribution in [2.24, 2.45) is 5.84 Å². The Hall–Kier alpha value is -0.920. The first-order valence-corrected chi connectivity index (χ1v) is 5.23. The molecule has 0 unspecified atom stereocenters. The van der Waals surface area contributed by atoms with Crippen LogP contribution in [-0.2, 0) is 4.74 Å². The molecule has 0 spiro atoms. The van der Waals surface area contributed by atoms with E-state index in [4.69, 9.17) is 10.6 Å². The third-order valence-electron chi connectivity index (χ3n) is 1.55. The van der Waals surface area contributed by atoms with Crippen LogP contribution < -0.4 is 11.3 Å². The lowest BCUT2D eigenvalue weighted by Gasteiger charge is -2.02. The number of thioether (sulfide) groups is 1. The van der Waals surface area contributed by atoms with E-state index in [0.29, 0.717) is 23.0 Å². The number of halogens is 1. The Labute approximate surface area is 97.7 Å². The molecule has 6 nitrogen and oxygen atoms in total. The predicted molar refractivity (Wildman–Crippen MR) is 61.4 cm³/mol. The lowest BCUT2D eigenvalue weighted by molar-refractivity contribution is 0.0523. The summed E-state index contributed by atoms with van der Waals surface area (Å²) in [5.41, 5.74) is 2.71. The van der Waals surface area contributed by atoms with E-state index in [9.17, 15) is 4.79 Å². The lowest BCUT2D eigenvalue weighted by atomic mass is 10.3. The topological polar surface area (TPSA) is 93.0 Å². The average Bonchev–Trinajstić information content (AvgIpc) is 2.60. The van der Waals surface area contributed by atoms with Crippen molar-refractivity contribution in [1.29, 1.82) is 0 Å². The first-order chi connectivity index (χ1) is 6.74. The van der Waals surface area contributed by atoms with E-state index in [0.717, 1.165) is 0 Å². The molecule has 4 N–H and O–H groups in total. The van der Waals surface area contributed by atoms with Crippen LogP contribution in [0.3, 0.4) is 0 Å². The van der Waals surface area contributed by atoms with Crippen LogP contribution in [0, 0.1) is 0 Å². The summed E-state index contributed by atoms with van der Waals surface area (Å²) < 4.78 is 4.86. The zero-order valence-electron chi connectivity index (χ0n) is 8.36. The highest BCUT2D eigenvalue weighted by atomic mass is 35.5. The molecule has 0 aromatic carbocycles. The third-order valence-corrected chi connectivity index (χ3v) is 2.23. The number of aromatic amines is 1. The van der Waals surface area contributed by atoms with Crippen molar-refractivity contribution in [2.75, 3.05) is 18.3 Å². The molecule has 0 saturated carbocycles. The van der Waals surface area contributed by atoms with Gasteiger partial charge in [-0.3, -0.25) is 5.10 Å². The van der Waals surface area contributed by atoms with E-state index in [-0.39, 0.29) is 12.4 Å². The second-order valence-corrected chi connectivity index (χ2v) is 3.14. The third kappa shape index (κ3) is 3.01. The van der Waals surface area contributed by atoms with Gasteiger partial charge in [0.25, 0.3) is 0 Å². The number of H-pyrrole nitrogens is 1. The molecule has 1 aromatic rings. The van der Waals surface area contributed by atoms with Crippen LogP contribution in [0.2, 0.25) is 0 Å². The fourth-order valence-corrected chi connectivity index (χ4v) is 1.50. The molecule has 0 aliphatic heterocycles. The maximum absolute atomic E-state index is 11.5. The first-order valence-electron chi connectivity index (χ1n) is 4.00. The Bertz CT molecular complexity index is 309. The maximum Gasteiger partial charge on any atom is 0.344 e. The highest BCUT2D eigenvalue weighted by molar-refractivity contribution is 7.98. The monoisotopic (exact) mass is 252 g/mol. The minimum absolute atomic E-state index is 0. The molecule has 0 radical (unpaired) electrons. The average molecular weight is 253 g/mol. The van der Waals surface area contributed by atoms with Crippen LogP contribution in [0.5, 0.6) is 0 Å². The van der Waals surface area contributed by atoms with Gasteiger partial charge in [-0.25, -0.2) is 10.6 Å². The van der Waals surface area contributed by atoms with E-state index in [1.54, 1.807) is 6.92 Å². The van der Waals surface area contributed by atoms with Crippen molar-refractivity contribution in [3.05, 3.63) is 5.56 Å². The minimum atomic E-state index is -0.432. The van der Waals surface area contributed by atoms with E-state index >= 15 is 0 Å². The molecule has 0 saturated heterocycles. The molecule has 0 bridgehead atoms. The number of nitrogens with one attached hydrogen (secondary N) is 2. The Kier molecular flexibility index (Phi) is 6.14. The second kappa shape index (κ2) is 6.54. The quantitative estimate of drug-likeness (QED) is 0.321. The molecular weight excluding hydrogens is 240 g/mol. The maximum atomic E-state index is 11.5. The Balaban J connectivity index is 0.00000196. The SMILES string of the molecule is CCOC(=O)c1c(SC)n[nH]c1NN.Cl. The largest absolute Gasteiger partial charge is 0.462 e. The van der Waals surface area contributed by atoms with Gasteiger partial charge in [0.2, 0.25) is 0 Å². The summed E-state index contributed by atoms with van der Waals surface area (Å²) in [5, 5.41) is 7.08. The van der Waals surface area contributed by atoms with Gasteiger partial charge >= 0.3 is 5.97 Å². The molecule has 0 fully saturated rings. The zero-order valence-corrected chi connectivity index (χ0v) is 10.00. The highest BCUT2D eigenvalue weighted by Crippen LogP contribution is 2.24. The Morgan fingerprint density at radius 2 is 2.40 bits per heavy atom. The summed E-state index contributed by atoms with van der Waals surface area (Å²) in [6.45, 7) is 2.06. The number of carbonyl (C=O) groups excluding carboxylic acids is 1. The molecule has 15 heavy (non-hydrogen) atoms. The van der Waals surface area contributed by atoms with Crippen molar-refractivity contribution >= 4 is 36.0 Å². The molecule has 1 rings (SSSR count). The number of aromatic nitrogens is 2. The van der Waals surface area contributed by atoms with Crippen molar-refractivity contribution in [1.82, 2.24) is 10.2 Å². The number of carbonyl (C=O) groups is 1. The number of nitrogens with zero attached hydrogens (tertiary/aromatic N) is 1. The summed E-state index contributed by atoms with van der Waals surface area (Å²) in [5.74, 6) is 5.15. The number of hydrogen-bond acceptors (Lipinski definition) is 6. The van der Waals surface area contributed by atoms with Crippen LogP contribution in [0.1, 0.15) is 17.3 Å². The molecule has 0 aliphatic carbocycles. The standard InChI is InChI=1S/C7H12N4O2S.ClH/c1-3-13-7(12)4-5(9-8)10-11-6(4)14-2;/h3,8H2,1-2H3,(H2,9,10,11);1H. The predicted octanol–water partition coefficient (Wildman–Crippen LogP) is 1.02. The van der Waals surface area contributed by atoms with Gasteiger partial charge in [0.15, 0.2) is 5.82 Å². The van der Waals surface area contributed by atoms with Crippen LogP contribution in [0.15, 0.2) is 5.03 Å². The van der Waals surface area contributed by atoms with Gasteiger partial charge in [0.1, 0.15) is 10.6 Å². The van der Waals surface area contributed by atoms with Crippen molar-refractivity contribution in [3.8, 4) is 0 Å². The van der Waals surface area contributed by atoms with Crippen LogP contribution >= 0.6 is 24.2 Å². The summed E-state index contributed by atoms with van der Waals surface area (Å²) in [6, 6.07) is 0. The fourth-order valence-electron chi connectivity index (χ4n) is 0.970. The number of hydrogen-bond donors (Lipinski definition) is 3. The zero-order chi connectivity index (χ0) is 10.6. The normalized spacial score (nSPS) is 9.27. The van der Waals surface area contributed by atoms with Gasteiger partial charge in [-0.1, -0.05) is 0 Å². The van der Waals surface area contributed by atoms with Crippen LogP contribution in [0.25, 0.3) is 0 Å². The van der Waals surface area contributed by atoms with Gasteiger partial charge in [-0.05, 0) is 13.2 Å². The van der Waals surface area contributed by atoms with E-state index in [2.05, 4.69) is 15.6 Å². The first kappa shape index (κ1) is 14.1. The van der Waals surface area contributed by atoms with E-state index in [1.807, 2.05) is 6.26 Å². The van der Waals surface area contributed by atoms with Gasteiger partial charge < -0.3 is 10.2 Å². The van der Waals surface area contributed by atoms with Gasteiger partial charge in [-0.2, -0.15) is 5.10 Å². The molecule has 0 aliphatic rings. The summed E-state index contributed by atoms with van der Waals surface area (Å²) in [6.07, 6.45) is 1.82. The molecule has 8 heteroatoms. The number of esters is 1. The number of rotatable bonds is 4. The number of hydrazine groups is 1. The van der Waals surface area contributed by atoms with E-state index < -0.39 is 5.97 Å². The van der Waals surface area contributed by atoms with Crippen molar-refractivity contribution < 1.29 is 9.53 Å². The molecule has 86 valence electrons. The molecule has 1 heterocycles. The minimum Gasteiger partial charge on any atom is -0.462 e. The van der Waals surface area contributed by atoms with E-state index in [1.165, 1.54) is 11.8 Å². The highest BCUT2D eigenvalue weighted by Gasteiger charge is 2.20. The second-order valence-electron chi connectivity index (χ2n) is 2.35. The molecular formula is C7H13ClN4O2S. The fraction of sp³-hybridized carbons (Fsp3) is 0.429. The number of ether oxygens (including phenoxy) is 1. The van der Waals surface area contributed by atoms with Crippen molar-refractivity contribution in [2.45, 2.75) is 11.9 Å². The lowest BCUT2D eigenvalue weighted by Crippen LogP contribution is -2.13. The number of anilines is 1. The number of nitrogen functional groups attached to an aromatic ring is 1. The summed E-state index contributed by atoms with van der Waals surface area (Å²) in [4.78, 5) is 11.5. The molecule has 1 aromatic heterocycles. The Morgan fingerprint density at radius 3 is 2.87 bits per heavy atom. The van der Waals surface area contributed by atoms with Gasteiger partial charge in [0.05, 0.1) is 6.61 Å². The number of nitrogens with two attached hydrogens (primary N) is 1.